The number of hydrogen-bond donors (Lipinski definition) is 0. The normalized spacial score (nSPS) is 30.0. The van der Waals surface area contributed by atoms with Crippen LogP contribution >= 0.6 is 0 Å². The molecule has 3 rings (SSSR count). The van der Waals surface area contributed by atoms with Gasteiger partial charge in [-0.1, -0.05) is 66.7 Å². The van der Waals surface area contributed by atoms with Crippen molar-refractivity contribution in [2.75, 3.05) is 6.61 Å². The highest BCUT2D eigenvalue weighted by atomic mass is 28.4. The molecule has 1 heterocycles. The zero-order valence-electron chi connectivity index (χ0n) is 30.9. The number of carbonyl (C=O) groups is 2. The van der Waals surface area contributed by atoms with Gasteiger partial charge in [-0.15, -0.1) is 0 Å². The first kappa shape index (κ1) is 38.2. The Morgan fingerprint density at radius 3 is 2.11 bits per heavy atom. The Kier molecular flexibility index (Phi) is 11.9. The molecule has 0 saturated carbocycles. The Labute approximate surface area is 276 Å². The third kappa shape index (κ3) is 9.43. The van der Waals surface area contributed by atoms with Crippen LogP contribution in [0, 0.1) is 17.8 Å². The zero-order chi connectivity index (χ0) is 34.2. The molecule has 3 aliphatic rings. The van der Waals surface area contributed by atoms with Crippen LogP contribution in [0.1, 0.15) is 101 Å². The van der Waals surface area contributed by atoms with E-state index in [1.165, 1.54) is 5.57 Å². The standard InChI is InChI=1S/C36H64O7Si2/c1-15-39-36(9,10)33(38)41-30-22-27(42-44(11,12)34(3,4)5)20-25-17-16-24(2)29(32(25)30)19-18-26-21-28(23-31(37)40-26)43-45(13,14)35(6,7)8/h16-17,20,24,26-30,32H,15,18-19,21-23H2,1-14H3. The molecule has 0 aromatic carbocycles. The van der Waals surface area contributed by atoms with Gasteiger partial charge < -0.3 is 23.1 Å². The molecule has 0 amide bonds. The molecule has 7 unspecified atom stereocenters. The minimum atomic E-state index is -2.07. The second-order valence-corrected chi connectivity index (χ2v) is 26.8. The van der Waals surface area contributed by atoms with Crippen molar-refractivity contribution in [2.24, 2.45) is 17.8 Å². The zero-order valence-corrected chi connectivity index (χ0v) is 32.9. The molecule has 0 aromatic heterocycles. The third-order valence-electron chi connectivity index (χ3n) is 11.2. The van der Waals surface area contributed by atoms with Crippen molar-refractivity contribution >= 4 is 28.6 Å². The van der Waals surface area contributed by atoms with Crippen molar-refractivity contribution in [2.45, 2.75) is 168 Å². The van der Waals surface area contributed by atoms with E-state index in [-0.39, 0.29) is 64.2 Å². The summed E-state index contributed by atoms with van der Waals surface area (Å²) in [4.78, 5) is 26.2. The molecule has 258 valence electrons. The number of rotatable bonds is 11. The first-order valence-corrected chi connectivity index (χ1v) is 23.1. The summed E-state index contributed by atoms with van der Waals surface area (Å²) >= 11 is 0. The average Bonchev–Trinajstić information content (AvgIpc) is 2.86. The molecule has 0 bridgehead atoms. The maximum atomic E-state index is 13.5. The van der Waals surface area contributed by atoms with Gasteiger partial charge in [-0.3, -0.25) is 4.79 Å². The summed E-state index contributed by atoms with van der Waals surface area (Å²) in [5.41, 5.74) is 0.146. The number of fused-ring (bicyclic) bond motifs is 1. The number of cyclic esters (lactones) is 1. The lowest BCUT2D eigenvalue weighted by Gasteiger charge is -2.46. The minimum absolute atomic E-state index is 0.0317. The topological polar surface area (TPSA) is 80.3 Å². The summed E-state index contributed by atoms with van der Waals surface area (Å²) in [6.45, 7) is 30.6. The fraction of sp³-hybridized carbons (Fsp3) is 0.833. The quantitative estimate of drug-likeness (QED) is 0.161. The fourth-order valence-electron chi connectivity index (χ4n) is 6.39. The molecule has 1 fully saturated rings. The molecule has 7 atom stereocenters. The van der Waals surface area contributed by atoms with E-state index in [9.17, 15) is 9.59 Å². The number of carbonyl (C=O) groups excluding carboxylic acids is 2. The van der Waals surface area contributed by atoms with Crippen LogP contribution < -0.4 is 0 Å². The van der Waals surface area contributed by atoms with Crippen molar-refractivity contribution in [1.82, 2.24) is 0 Å². The van der Waals surface area contributed by atoms with Crippen LogP contribution in [-0.2, 0) is 32.7 Å². The van der Waals surface area contributed by atoms with Crippen molar-refractivity contribution in [3.05, 3.63) is 23.8 Å². The lowest BCUT2D eigenvalue weighted by atomic mass is 9.66. The second-order valence-electron chi connectivity index (χ2n) is 17.2. The molecule has 1 saturated heterocycles. The van der Waals surface area contributed by atoms with Gasteiger partial charge >= 0.3 is 11.9 Å². The van der Waals surface area contributed by atoms with E-state index in [0.717, 1.165) is 19.3 Å². The average molecular weight is 665 g/mol. The number of allylic oxidation sites excluding steroid dienone is 2. The van der Waals surface area contributed by atoms with E-state index >= 15 is 0 Å². The fourth-order valence-corrected chi connectivity index (χ4v) is 9.03. The molecular formula is C36H64O7Si2. The van der Waals surface area contributed by atoms with Gasteiger partial charge in [0.15, 0.2) is 22.2 Å². The molecule has 1 aliphatic heterocycles. The molecule has 0 aromatic rings. The van der Waals surface area contributed by atoms with Crippen molar-refractivity contribution in [3.8, 4) is 0 Å². The molecule has 2 aliphatic carbocycles. The highest BCUT2D eigenvalue weighted by Crippen LogP contribution is 2.47. The second kappa shape index (κ2) is 14.1. The van der Waals surface area contributed by atoms with E-state index in [2.05, 4.69) is 92.9 Å². The van der Waals surface area contributed by atoms with E-state index in [0.29, 0.717) is 19.4 Å². The Hall–Kier alpha value is -1.27. The molecule has 45 heavy (non-hydrogen) atoms. The lowest BCUT2D eigenvalue weighted by molar-refractivity contribution is -0.178. The highest BCUT2D eigenvalue weighted by molar-refractivity contribution is 6.74. The summed E-state index contributed by atoms with van der Waals surface area (Å²) in [5, 5.41) is 0.140. The van der Waals surface area contributed by atoms with Crippen molar-refractivity contribution < 1.29 is 32.7 Å². The first-order chi connectivity index (χ1) is 20.5. The maximum absolute atomic E-state index is 13.5. The van der Waals surface area contributed by atoms with Gasteiger partial charge in [-0.05, 0) is 87.3 Å². The first-order valence-electron chi connectivity index (χ1n) is 17.3. The number of ether oxygens (including phenoxy) is 3. The van der Waals surface area contributed by atoms with E-state index in [4.69, 9.17) is 23.1 Å². The largest absolute Gasteiger partial charge is 0.462 e. The molecule has 0 radical (unpaired) electrons. The summed E-state index contributed by atoms with van der Waals surface area (Å²) in [7, 11) is -4.08. The van der Waals surface area contributed by atoms with Gasteiger partial charge in [0.2, 0.25) is 0 Å². The van der Waals surface area contributed by atoms with Crippen LogP contribution in [0.5, 0.6) is 0 Å². The highest BCUT2D eigenvalue weighted by Gasteiger charge is 2.47. The van der Waals surface area contributed by atoms with E-state index in [1.807, 2.05) is 6.92 Å². The van der Waals surface area contributed by atoms with Gasteiger partial charge in [0.05, 0.1) is 18.6 Å². The van der Waals surface area contributed by atoms with Gasteiger partial charge in [0, 0.05) is 25.4 Å². The maximum Gasteiger partial charge on any atom is 0.338 e. The molecule has 9 heteroatoms. The molecule has 0 spiro atoms. The Balaban J connectivity index is 1.85. The predicted molar refractivity (Wildman–Crippen MR) is 186 cm³/mol. The molecule has 7 nitrogen and oxygen atoms in total. The number of hydrogen-bond acceptors (Lipinski definition) is 7. The van der Waals surface area contributed by atoms with Crippen LogP contribution in [0.2, 0.25) is 36.3 Å². The van der Waals surface area contributed by atoms with Gasteiger partial charge in [-0.25, -0.2) is 4.79 Å². The van der Waals surface area contributed by atoms with Crippen LogP contribution in [-0.4, -0.2) is 65.2 Å². The monoisotopic (exact) mass is 664 g/mol. The Morgan fingerprint density at radius 1 is 0.933 bits per heavy atom. The lowest BCUT2D eigenvalue weighted by Crippen LogP contribution is -2.50. The smallest absolute Gasteiger partial charge is 0.338 e. The molecular weight excluding hydrogens is 601 g/mol. The van der Waals surface area contributed by atoms with Gasteiger partial charge in [-0.2, -0.15) is 0 Å². The SMILES string of the molecule is CCOC(C)(C)C(=O)OC1CC(O[Si](C)(C)C(C)(C)C)C=C2C=CC(C)C(CCC3CC(O[Si](C)(C)C(C)(C)C)CC(=O)O3)C21. The Bertz CT molecular complexity index is 1110. The number of esters is 2. The van der Waals surface area contributed by atoms with Crippen LogP contribution in [0.4, 0.5) is 0 Å². The van der Waals surface area contributed by atoms with Gasteiger partial charge in [0.25, 0.3) is 0 Å². The van der Waals surface area contributed by atoms with E-state index < -0.39 is 22.2 Å². The van der Waals surface area contributed by atoms with Crippen LogP contribution in [0.25, 0.3) is 0 Å². The van der Waals surface area contributed by atoms with Gasteiger partial charge in [0.1, 0.15) is 12.2 Å². The van der Waals surface area contributed by atoms with Crippen LogP contribution in [0.3, 0.4) is 0 Å². The predicted octanol–water partition coefficient (Wildman–Crippen LogP) is 8.75. The van der Waals surface area contributed by atoms with Crippen LogP contribution in [0.15, 0.2) is 23.8 Å². The summed E-state index contributed by atoms with van der Waals surface area (Å²) in [6.07, 6.45) is 9.30. The summed E-state index contributed by atoms with van der Waals surface area (Å²) in [5.74, 6) is 0.0344. The van der Waals surface area contributed by atoms with E-state index in [1.54, 1.807) is 13.8 Å². The Morgan fingerprint density at radius 2 is 1.53 bits per heavy atom. The summed E-state index contributed by atoms with van der Waals surface area (Å²) < 4.78 is 31.6. The third-order valence-corrected chi connectivity index (χ3v) is 20.2. The minimum Gasteiger partial charge on any atom is -0.462 e. The summed E-state index contributed by atoms with van der Waals surface area (Å²) in [6, 6.07) is 0. The molecule has 0 N–H and O–H groups in total. The van der Waals surface area contributed by atoms with Crippen molar-refractivity contribution in [1.29, 1.82) is 0 Å². The van der Waals surface area contributed by atoms with Crippen molar-refractivity contribution in [3.63, 3.8) is 0 Å².